The zero-order valence-electron chi connectivity index (χ0n) is 14.0. The van der Waals surface area contributed by atoms with E-state index in [1.165, 1.54) is 12.4 Å². The van der Waals surface area contributed by atoms with E-state index in [0.29, 0.717) is 0 Å². The van der Waals surface area contributed by atoms with E-state index in [1.54, 1.807) is 12.1 Å². The number of nitrogens with zero attached hydrogens (tertiary/aromatic N) is 5. The predicted octanol–water partition coefficient (Wildman–Crippen LogP) is 3.66. The van der Waals surface area contributed by atoms with Crippen LogP contribution < -0.4 is 9.80 Å². The van der Waals surface area contributed by atoms with Crippen molar-refractivity contribution in [2.24, 2.45) is 0 Å². The molecule has 1 saturated heterocycles. The number of piperazine rings is 1. The second-order valence-corrected chi connectivity index (χ2v) is 6.46. The fourth-order valence-electron chi connectivity index (χ4n) is 3.04. The molecule has 5 nitrogen and oxygen atoms in total. The first kappa shape index (κ1) is 16.7. The van der Waals surface area contributed by atoms with Crippen molar-refractivity contribution in [3.05, 3.63) is 65.8 Å². The molecule has 3 heterocycles. The molecule has 0 atom stereocenters. The SMILES string of the molecule is Fc1ccc(-c2cc(N3CCN(c4ccccn4)CC3)ncn2)cc1Cl. The molecule has 7 heteroatoms. The van der Waals surface area contributed by atoms with Gasteiger partial charge in [-0.25, -0.2) is 19.3 Å². The quantitative estimate of drug-likeness (QED) is 0.705. The third-order valence-electron chi connectivity index (χ3n) is 4.44. The Morgan fingerprint density at radius 2 is 1.62 bits per heavy atom. The first-order chi connectivity index (χ1) is 12.7. The molecule has 1 aromatic carbocycles. The molecule has 0 aliphatic carbocycles. The number of pyridine rings is 1. The fourth-order valence-corrected chi connectivity index (χ4v) is 3.22. The van der Waals surface area contributed by atoms with Gasteiger partial charge in [0, 0.05) is 44.0 Å². The number of hydrogen-bond donors (Lipinski definition) is 0. The Balaban J connectivity index is 1.50. The van der Waals surface area contributed by atoms with Crippen molar-refractivity contribution < 1.29 is 4.39 Å². The number of anilines is 2. The highest BCUT2D eigenvalue weighted by Gasteiger charge is 2.19. The lowest BCUT2D eigenvalue weighted by atomic mass is 10.1. The smallest absolute Gasteiger partial charge is 0.141 e. The van der Waals surface area contributed by atoms with Crippen LogP contribution in [-0.2, 0) is 0 Å². The zero-order valence-corrected chi connectivity index (χ0v) is 14.8. The summed E-state index contributed by atoms with van der Waals surface area (Å²) < 4.78 is 13.4. The minimum atomic E-state index is -0.435. The van der Waals surface area contributed by atoms with Gasteiger partial charge in [-0.2, -0.15) is 0 Å². The average molecular weight is 370 g/mol. The lowest BCUT2D eigenvalue weighted by molar-refractivity contribution is 0.628. The van der Waals surface area contributed by atoms with E-state index in [-0.39, 0.29) is 5.02 Å². The van der Waals surface area contributed by atoms with Gasteiger partial charge in [0.15, 0.2) is 0 Å². The Bertz CT molecular complexity index is 897. The largest absolute Gasteiger partial charge is 0.353 e. The van der Waals surface area contributed by atoms with E-state index in [4.69, 9.17) is 11.6 Å². The molecule has 0 amide bonds. The van der Waals surface area contributed by atoms with Gasteiger partial charge in [0.25, 0.3) is 0 Å². The molecule has 0 radical (unpaired) electrons. The molecule has 1 aliphatic rings. The van der Waals surface area contributed by atoms with Gasteiger partial charge in [0.2, 0.25) is 0 Å². The Kier molecular flexibility index (Phi) is 4.67. The van der Waals surface area contributed by atoms with E-state index in [1.807, 2.05) is 30.5 Å². The molecule has 1 aliphatic heterocycles. The van der Waals surface area contributed by atoms with Crippen molar-refractivity contribution >= 4 is 23.2 Å². The Morgan fingerprint density at radius 3 is 2.31 bits per heavy atom. The van der Waals surface area contributed by atoms with Gasteiger partial charge in [-0.05, 0) is 30.3 Å². The molecule has 4 rings (SSSR count). The van der Waals surface area contributed by atoms with Crippen molar-refractivity contribution in [2.45, 2.75) is 0 Å². The van der Waals surface area contributed by atoms with Crippen LogP contribution in [-0.4, -0.2) is 41.1 Å². The number of halogens is 2. The molecule has 0 saturated carbocycles. The first-order valence-electron chi connectivity index (χ1n) is 8.39. The molecule has 3 aromatic rings. The highest BCUT2D eigenvalue weighted by Crippen LogP contribution is 2.26. The second-order valence-electron chi connectivity index (χ2n) is 6.05. The summed E-state index contributed by atoms with van der Waals surface area (Å²) in [6, 6.07) is 12.5. The average Bonchev–Trinajstić information content (AvgIpc) is 2.71. The van der Waals surface area contributed by atoms with Crippen molar-refractivity contribution in [2.75, 3.05) is 36.0 Å². The van der Waals surface area contributed by atoms with Crippen molar-refractivity contribution in [3.8, 4) is 11.3 Å². The molecule has 2 aromatic heterocycles. The maximum Gasteiger partial charge on any atom is 0.141 e. The highest BCUT2D eigenvalue weighted by atomic mass is 35.5. The van der Waals surface area contributed by atoms with Crippen LogP contribution >= 0.6 is 11.6 Å². The second kappa shape index (κ2) is 7.25. The minimum absolute atomic E-state index is 0.0895. The van der Waals surface area contributed by atoms with Gasteiger partial charge < -0.3 is 9.80 Å². The van der Waals surface area contributed by atoms with Gasteiger partial charge in [0.05, 0.1) is 10.7 Å². The summed E-state index contributed by atoms with van der Waals surface area (Å²) in [4.78, 5) is 17.6. The lowest BCUT2D eigenvalue weighted by Crippen LogP contribution is -2.47. The summed E-state index contributed by atoms with van der Waals surface area (Å²) >= 11 is 5.89. The third-order valence-corrected chi connectivity index (χ3v) is 4.73. The number of hydrogen-bond acceptors (Lipinski definition) is 5. The summed E-state index contributed by atoms with van der Waals surface area (Å²) in [5.74, 6) is 1.42. The summed E-state index contributed by atoms with van der Waals surface area (Å²) in [6.07, 6.45) is 3.35. The Morgan fingerprint density at radius 1 is 0.846 bits per heavy atom. The molecule has 0 spiro atoms. The van der Waals surface area contributed by atoms with Crippen LogP contribution in [0.15, 0.2) is 55.0 Å². The van der Waals surface area contributed by atoms with Crippen LogP contribution in [0.3, 0.4) is 0 Å². The molecule has 0 N–H and O–H groups in total. The minimum Gasteiger partial charge on any atom is -0.353 e. The molecule has 0 unspecified atom stereocenters. The molecule has 132 valence electrons. The fraction of sp³-hybridized carbons (Fsp3) is 0.211. The van der Waals surface area contributed by atoms with Gasteiger partial charge in [-0.15, -0.1) is 0 Å². The highest BCUT2D eigenvalue weighted by molar-refractivity contribution is 6.31. The van der Waals surface area contributed by atoms with Gasteiger partial charge in [-0.3, -0.25) is 0 Å². The number of aromatic nitrogens is 3. The van der Waals surface area contributed by atoms with Gasteiger partial charge in [0.1, 0.15) is 23.8 Å². The van der Waals surface area contributed by atoms with Gasteiger partial charge in [-0.1, -0.05) is 17.7 Å². The van der Waals surface area contributed by atoms with E-state index >= 15 is 0 Å². The molecule has 0 bridgehead atoms. The van der Waals surface area contributed by atoms with E-state index in [9.17, 15) is 4.39 Å². The standard InChI is InChI=1S/C19H17ClFN5/c20-15-11-14(4-5-16(15)21)17-12-19(24-13-23-17)26-9-7-25(8-10-26)18-3-1-2-6-22-18/h1-6,11-13H,7-10H2. The monoisotopic (exact) mass is 369 g/mol. The van der Waals surface area contributed by atoms with E-state index < -0.39 is 5.82 Å². The van der Waals surface area contributed by atoms with Crippen LogP contribution in [0.1, 0.15) is 0 Å². The van der Waals surface area contributed by atoms with E-state index in [2.05, 4.69) is 24.8 Å². The van der Waals surface area contributed by atoms with Crippen LogP contribution in [0.5, 0.6) is 0 Å². The summed E-state index contributed by atoms with van der Waals surface area (Å²) in [7, 11) is 0. The maximum absolute atomic E-state index is 13.4. The predicted molar refractivity (Wildman–Crippen MR) is 101 cm³/mol. The number of rotatable bonds is 3. The third kappa shape index (κ3) is 3.46. The maximum atomic E-state index is 13.4. The van der Waals surface area contributed by atoms with Gasteiger partial charge >= 0.3 is 0 Å². The number of benzene rings is 1. The lowest BCUT2D eigenvalue weighted by Gasteiger charge is -2.36. The first-order valence-corrected chi connectivity index (χ1v) is 8.77. The van der Waals surface area contributed by atoms with Crippen LogP contribution in [0.4, 0.5) is 16.0 Å². The zero-order chi connectivity index (χ0) is 17.9. The van der Waals surface area contributed by atoms with E-state index in [0.717, 1.165) is 49.1 Å². The van der Waals surface area contributed by atoms with Crippen LogP contribution in [0.25, 0.3) is 11.3 Å². The van der Waals surface area contributed by atoms with Crippen LogP contribution in [0, 0.1) is 5.82 Å². The summed E-state index contributed by atoms with van der Waals surface area (Å²) in [5, 5.41) is 0.0895. The normalized spacial score (nSPS) is 14.5. The topological polar surface area (TPSA) is 45.2 Å². The summed E-state index contributed by atoms with van der Waals surface area (Å²) in [5.41, 5.74) is 1.50. The molecule has 26 heavy (non-hydrogen) atoms. The Hall–Kier alpha value is -2.73. The molecule has 1 fully saturated rings. The van der Waals surface area contributed by atoms with Crippen molar-refractivity contribution in [1.82, 2.24) is 15.0 Å². The van der Waals surface area contributed by atoms with Crippen LogP contribution in [0.2, 0.25) is 5.02 Å². The van der Waals surface area contributed by atoms with Crippen molar-refractivity contribution in [1.29, 1.82) is 0 Å². The molecular formula is C19H17ClFN5. The molecular weight excluding hydrogens is 353 g/mol. The Labute approximate surface area is 156 Å². The summed E-state index contributed by atoms with van der Waals surface area (Å²) in [6.45, 7) is 3.44. The van der Waals surface area contributed by atoms with Crippen molar-refractivity contribution in [3.63, 3.8) is 0 Å².